The topological polar surface area (TPSA) is 74.9 Å². The maximum atomic E-state index is 11.6. The number of rotatable bonds is 3. The molecule has 1 N–H and O–H groups in total. The fraction of sp³-hybridized carbons (Fsp3) is 0.333. The minimum Gasteiger partial charge on any atom is -0.453 e. The van der Waals surface area contributed by atoms with E-state index in [0.717, 1.165) is 5.71 Å². The number of carbonyl (C=O) groups excluding carboxylic acids is 2. The van der Waals surface area contributed by atoms with Gasteiger partial charge in [-0.05, 0) is 0 Å². The van der Waals surface area contributed by atoms with E-state index >= 15 is 0 Å². The van der Waals surface area contributed by atoms with E-state index < -0.39 is 0 Å². The summed E-state index contributed by atoms with van der Waals surface area (Å²) < 4.78 is 6.30. The average molecular weight is 263 g/mol. The van der Waals surface area contributed by atoms with Crippen molar-refractivity contribution in [2.45, 2.75) is 6.54 Å². The van der Waals surface area contributed by atoms with Gasteiger partial charge in [0, 0.05) is 12.1 Å². The molecule has 7 nitrogen and oxygen atoms in total. The highest BCUT2D eigenvalue weighted by Crippen LogP contribution is 2.05. The summed E-state index contributed by atoms with van der Waals surface area (Å²) in [5, 5.41) is 3.95. The summed E-state index contributed by atoms with van der Waals surface area (Å²) in [6.07, 6.45) is 3.22. The Bertz CT molecular complexity index is 493. The van der Waals surface area contributed by atoms with Crippen molar-refractivity contribution in [3.05, 3.63) is 30.6 Å². The zero-order chi connectivity index (χ0) is 13.7. The second kappa shape index (κ2) is 5.94. The minimum absolute atomic E-state index is 0.207. The van der Waals surface area contributed by atoms with Gasteiger partial charge in [0.1, 0.15) is 0 Å². The first kappa shape index (κ1) is 13.0. The van der Waals surface area contributed by atoms with Crippen LogP contribution in [0.15, 0.2) is 35.7 Å². The highest BCUT2D eigenvalue weighted by molar-refractivity contribution is 5.98. The lowest BCUT2D eigenvalue weighted by molar-refractivity contribution is -0.684. The van der Waals surface area contributed by atoms with E-state index in [1.54, 1.807) is 17.0 Å². The molecule has 7 heteroatoms. The third kappa shape index (κ3) is 3.51. The van der Waals surface area contributed by atoms with E-state index in [1.165, 1.54) is 12.0 Å². The molecule has 0 radical (unpaired) electrons. The molecule has 2 amide bonds. The molecule has 0 aliphatic carbocycles. The Balaban J connectivity index is 1.75. The molecule has 1 aromatic rings. The number of hydrogen-bond acceptors (Lipinski definition) is 4. The van der Waals surface area contributed by atoms with E-state index in [2.05, 4.69) is 15.3 Å². The fourth-order valence-electron chi connectivity index (χ4n) is 1.61. The van der Waals surface area contributed by atoms with Crippen LogP contribution in [0.25, 0.3) is 0 Å². The first-order chi connectivity index (χ1) is 9.19. The highest BCUT2D eigenvalue weighted by Gasteiger charge is 2.27. The molecule has 2 heterocycles. The Morgan fingerprint density at radius 1 is 1.37 bits per heavy atom. The highest BCUT2D eigenvalue weighted by atomic mass is 16.5. The number of nitrogens with zero attached hydrogens (tertiary/aromatic N) is 3. The standard InChI is InChI=1S/C12H14N4O3/c1-19-12(18)16-7-10(8-16)13-14-11(17)9-15-5-3-2-4-6-15/h2-6H,7-9H2,1H3/p+1. The molecule has 1 fully saturated rings. The first-order valence-corrected chi connectivity index (χ1v) is 5.80. The van der Waals surface area contributed by atoms with Crippen LogP contribution in [0.2, 0.25) is 0 Å². The summed E-state index contributed by atoms with van der Waals surface area (Å²) in [6, 6.07) is 5.57. The molecule has 0 atom stereocenters. The van der Waals surface area contributed by atoms with Gasteiger partial charge in [-0.1, -0.05) is 6.07 Å². The number of amides is 2. The van der Waals surface area contributed by atoms with Crippen molar-refractivity contribution >= 4 is 17.7 Å². The van der Waals surface area contributed by atoms with Crippen LogP contribution in [0, 0.1) is 0 Å². The largest absolute Gasteiger partial charge is 0.453 e. The lowest BCUT2D eigenvalue weighted by Gasteiger charge is -2.30. The number of likely N-dealkylation sites (tertiary alicyclic amines) is 1. The fourth-order valence-corrected chi connectivity index (χ4v) is 1.61. The Morgan fingerprint density at radius 2 is 2.05 bits per heavy atom. The van der Waals surface area contributed by atoms with Gasteiger partial charge in [-0.3, -0.25) is 9.69 Å². The normalized spacial score (nSPS) is 13.5. The van der Waals surface area contributed by atoms with E-state index in [9.17, 15) is 9.59 Å². The molecule has 1 saturated heterocycles. The van der Waals surface area contributed by atoms with Crippen LogP contribution >= 0.6 is 0 Å². The summed E-state index contributed by atoms with van der Waals surface area (Å²) in [7, 11) is 1.33. The third-order valence-corrected chi connectivity index (χ3v) is 2.62. The number of nitrogens with one attached hydrogen (secondary N) is 1. The van der Waals surface area contributed by atoms with Gasteiger partial charge < -0.3 is 4.74 Å². The van der Waals surface area contributed by atoms with E-state index in [-0.39, 0.29) is 18.5 Å². The van der Waals surface area contributed by atoms with Crippen molar-refractivity contribution in [3.63, 3.8) is 0 Å². The Hall–Kier alpha value is -2.44. The van der Waals surface area contributed by atoms with Crippen molar-refractivity contribution in [1.82, 2.24) is 10.3 Å². The van der Waals surface area contributed by atoms with Crippen LogP contribution in [0.5, 0.6) is 0 Å². The molecule has 0 aromatic carbocycles. The third-order valence-electron chi connectivity index (χ3n) is 2.62. The molecule has 0 spiro atoms. The van der Waals surface area contributed by atoms with Crippen molar-refractivity contribution in [3.8, 4) is 0 Å². The number of carbonyl (C=O) groups is 2. The van der Waals surface area contributed by atoms with Crippen LogP contribution in [0.3, 0.4) is 0 Å². The molecule has 1 aliphatic heterocycles. The number of aromatic nitrogens is 1. The minimum atomic E-state index is -0.384. The molecular weight excluding hydrogens is 248 g/mol. The second-order valence-corrected chi connectivity index (χ2v) is 4.09. The Morgan fingerprint density at radius 3 is 2.68 bits per heavy atom. The van der Waals surface area contributed by atoms with Gasteiger partial charge in [0.25, 0.3) is 0 Å². The van der Waals surface area contributed by atoms with Gasteiger partial charge in [-0.2, -0.15) is 9.67 Å². The van der Waals surface area contributed by atoms with Gasteiger partial charge in [0.15, 0.2) is 12.4 Å². The first-order valence-electron chi connectivity index (χ1n) is 5.80. The maximum Gasteiger partial charge on any atom is 0.410 e. The van der Waals surface area contributed by atoms with Gasteiger partial charge in [-0.15, -0.1) is 0 Å². The van der Waals surface area contributed by atoms with Gasteiger partial charge in [0.2, 0.25) is 6.54 Å². The molecule has 2 rings (SSSR count). The molecule has 1 aromatic heterocycles. The Kier molecular flexibility index (Phi) is 4.07. The number of pyridine rings is 1. The molecule has 19 heavy (non-hydrogen) atoms. The monoisotopic (exact) mass is 263 g/mol. The van der Waals surface area contributed by atoms with Crippen LogP contribution in [-0.2, 0) is 16.1 Å². The van der Waals surface area contributed by atoms with E-state index in [1.807, 2.05) is 18.2 Å². The predicted molar refractivity (Wildman–Crippen MR) is 66.2 cm³/mol. The maximum absolute atomic E-state index is 11.6. The molecular formula is C12H15N4O3+. The van der Waals surface area contributed by atoms with Crippen molar-refractivity contribution in [1.29, 1.82) is 0 Å². The molecule has 0 unspecified atom stereocenters. The molecule has 100 valence electrons. The van der Waals surface area contributed by atoms with Gasteiger partial charge in [0.05, 0.1) is 25.9 Å². The summed E-state index contributed by atoms with van der Waals surface area (Å²) >= 11 is 0. The Labute approximate surface area is 110 Å². The molecule has 1 aliphatic rings. The van der Waals surface area contributed by atoms with Crippen molar-refractivity contribution in [2.24, 2.45) is 5.10 Å². The van der Waals surface area contributed by atoms with Crippen LogP contribution < -0.4 is 9.99 Å². The quantitative estimate of drug-likeness (QED) is 0.591. The molecule has 0 saturated carbocycles. The zero-order valence-electron chi connectivity index (χ0n) is 10.6. The number of hydrogen-bond donors (Lipinski definition) is 1. The lowest BCUT2D eigenvalue weighted by atomic mass is 10.2. The number of hydrazone groups is 1. The predicted octanol–water partition coefficient (Wildman–Crippen LogP) is -0.472. The van der Waals surface area contributed by atoms with E-state index in [0.29, 0.717) is 13.1 Å². The SMILES string of the molecule is COC(=O)N1CC(=NNC(=O)C[n+]2ccccc2)C1. The lowest BCUT2D eigenvalue weighted by Crippen LogP contribution is -2.51. The smallest absolute Gasteiger partial charge is 0.410 e. The second-order valence-electron chi connectivity index (χ2n) is 4.09. The summed E-state index contributed by atoms with van der Waals surface area (Å²) in [6.45, 7) is 0.995. The van der Waals surface area contributed by atoms with Crippen LogP contribution in [0.4, 0.5) is 4.79 Å². The average Bonchev–Trinajstić information content (AvgIpc) is 2.37. The summed E-state index contributed by atoms with van der Waals surface area (Å²) in [5.74, 6) is -0.208. The molecule has 0 bridgehead atoms. The zero-order valence-corrected chi connectivity index (χ0v) is 10.6. The van der Waals surface area contributed by atoms with Crippen molar-refractivity contribution < 1.29 is 18.9 Å². The van der Waals surface area contributed by atoms with Crippen LogP contribution in [0.1, 0.15) is 0 Å². The summed E-state index contributed by atoms with van der Waals surface area (Å²) in [5.41, 5.74) is 3.21. The number of ether oxygens (including phenoxy) is 1. The van der Waals surface area contributed by atoms with E-state index in [4.69, 9.17) is 0 Å². The van der Waals surface area contributed by atoms with Gasteiger partial charge >= 0.3 is 12.0 Å². The summed E-state index contributed by atoms with van der Waals surface area (Å²) in [4.78, 5) is 24.1. The van der Waals surface area contributed by atoms with Crippen LogP contribution in [-0.4, -0.2) is 42.8 Å². The van der Waals surface area contributed by atoms with Crippen molar-refractivity contribution in [2.75, 3.05) is 20.2 Å². The number of methoxy groups -OCH3 is 1. The van der Waals surface area contributed by atoms with Gasteiger partial charge in [-0.25, -0.2) is 10.2 Å².